The summed E-state index contributed by atoms with van der Waals surface area (Å²) >= 11 is 0. The van der Waals surface area contributed by atoms with Crippen LogP contribution in [0.25, 0.3) is 28.4 Å². The van der Waals surface area contributed by atoms with Gasteiger partial charge < -0.3 is 43.8 Å². The molecule has 0 saturated heterocycles. The molecule has 0 spiro atoms. The van der Waals surface area contributed by atoms with Crippen molar-refractivity contribution in [3.8, 4) is 40.1 Å². The fourth-order valence-corrected chi connectivity index (χ4v) is 3.81. The largest absolute Gasteiger partial charge is 0.508 e. The van der Waals surface area contributed by atoms with E-state index in [2.05, 4.69) is 0 Å². The number of esters is 1. The van der Waals surface area contributed by atoms with E-state index >= 15 is 0 Å². The van der Waals surface area contributed by atoms with Crippen molar-refractivity contribution in [3.05, 3.63) is 82.0 Å². The number of fused-ring (bicyclic) bond motifs is 1. The molecule has 4 N–H and O–H groups in total. The SMILES string of the molecule is Cc1cccc(-c2oc3cc(O)cc(O)c3c(=O)c2OCOCCOCCOC(=O)/C=C/c2ccc(O)c(O)c2)c1. The third-order valence-corrected chi connectivity index (χ3v) is 5.74. The van der Waals surface area contributed by atoms with Gasteiger partial charge in [0.05, 0.1) is 19.8 Å². The van der Waals surface area contributed by atoms with Crippen molar-refractivity contribution in [2.45, 2.75) is 6.92 Å². The Bertz CT molecular complexity index is 1620. The zero-order valence-electron chi connectivity index (χ0n) is 22.0. The number of aromatic hydroxyl groups is 4. The third kappa shape index (κ3) is 7.56. The van der Waals surface area contributed by atoms with Gasteiger partial charge in [0.2, 0.25) is 11.2 Å². The van der Waals surface area contributed by atoms with Crippen LogP contribution in [0.5, 0.6) is 28.7 Å². The zero-order chi connectivity index (χ0) is 29.4. The predicted octanol–water partition coefficient (Wildman–Crippen LogP) is 4.22. The standard InChI is InChI=1S/C30H28O11/c1-18-3-2-4-20(13-18)29-30(28(36)27-24(34)15-21(31)16-25(27)41-29)40-17-38-10-9-37-11-12-39-26(35)8-6-19-5-7-22(32)23(33)14-19/h2-8,13-16,31-34H,9-12,17H2,1H3/b8-6+. The molecule has 0 bridgehead atoms. The Balaban J connectivity index is 1.26. The summed E-state index contributed by atoms with van der Waals surface area (Å²) in [5, 5.41) is 38.7. The fraction of sp³-hybridized carbons (Fsp3) is 0.200. The van der Waals surface area contributed by atoms with Gasteiger partial charge >= 0.3 is 5.97 Å². The molecule has 0 aliphatic rings. The molecule has 1 heterocycles. The van der Waals surface area contributed by atoms with Gasteiger partial charge in [-0.3, -0.25) is 4.79 Å². The van der Waals surface area contributed by atoms with E-state index < -0.39 is 17.1 Å². The molecule has 0 unspecified atom stereocenters. The number of hydrogen-bond acceptors (Lipinski definition) is 11. The van der Waals surface area contributed by atoms with Crippen LogP contribution in [-0.4, -0.2) is 59.6 Å². The Morgan fingerprint density at radius 2 is 1.66 bits per heavy atom. The van der Waals surface area contributed by atoms with Crippen LogP contribution >= 0.6 is 0 Å². The highest BCUT2D eigenvalue weighted by atomic mass is 16.7. The number of carbonyl (C=O) groups is 1. The molecule has 0 radical (unpaired) electrons. The molecule has 4 rings (SSSR count). The van der Waals surface area contributed by atoms with Crippen LogP contribution in [-0.2, 0) is 19.0 Å². The lowest BCUT2D eigenvalue weighted by Gasteiger charge is -2.13. The highest BCUT2D eigenvalue weighted by Gasteiger charge is 2.21. The predicted molar refractivity (Wildman–Crippen MR) is 148 cm³/mol. The average molecular weight is 565 g/mol. The first-order chi connectivity index (χ1) is 19.7. The summed E-state index contributed by atoms with van der Waals surface area (Å²) in [7, 11) is 0. The maximum atomic E-state index is 13.2. The van der Waals surface area contributed by atoms with Gasteiger partial charge in [0.1, 0.15) is 29.1 Å². The average Bonchev–Trinajstić information content (AvgIpc) is 2.93. The smallest absolute Gasteiger partial charge is 0.330 e. The molecule has 11 nitrogen and oxygen atoms in total. The molecular weight excluding hydrogens is 536 g/mol. The lowest BCUT2D eigenvalue weighted by molar-refractivity contribution is -0.139. The molecule has 0 fully saturated rings. The van der Waals surface area contributed by atoms with Gasteiger partial charge in [0.15, 0.2) is 24.1 Å². The fourth-order valence-electron chi connectivity index (χ4n) is 3.81. The summed E-state index contributed by atoms with van der Waals surface area (Å²) in [5.74, 6) is -1.90. The summed E-state index contributed by atoms with van der Waals surface area (Å²) in [6.07, 6.45) is 2.62. The highest BCUT2D eigenvalue weighted by molar-refractivity contribution is 5.88. The molecule has 3 aromatic carbocycles. The Kier molecular flexibility index (Phi) is 9.46. The van der Waals surface area contributed by atoms with Gasteiger partial charge in [0, 0.05) is 23.8 Å². The molecule has 0 amide bonds. The zero-order valence-corrected chi connectivity index (χ0v) is 22.0. The van der Waals surface area contributed by atoms with Crippen molar-refractivity contribution in [1.82, 2.24) is 0 Å². The Hall–Kier alpha value is -5.00. The number of phenols is 4. The normalized spacial score (nSPS) is 11.2. The number of benzene rings is 3. The molecule has 11 heteroatoms. The van der Waals surface area contributed by atoms with E-state index in [1.807, 2.05) is 13.0 Å². The van der Waals surface area contributed by atoms with Crippen LogP contribution in [0.3, 0.4) is 0 Å². The van der Waals surface area contributed by atoms with E-state index in [4.69, 9.17) is 23.4 Å². The van der Waals surface area contributed by atoms with Crippen LogP contribution in [0.15, 0.2) is 69.9 Å². The minimum absolute atomic E-state index is 0.00140. The number of hydrogen-bond donors (Lipinski definition) is 4. The molecule has 214 valence electrons. The second kappa shape index (κ2) is 13.4. The van der Waals surface area contributed by atoms with Crippen molar-refractivity contribution in [2.75, 3.05) is 33.2 Å². The number of ether oxygens (including phenoxy) is 4. The minimum Gasteiger partial charge on any atom is -0.508 e. The van der Waals surface area contributed by atoms with Crippen molar-refractivity contribution in [3.63, 3.8) is 0 Å². The number of phenolic OH excluding ortho intramolecular Hbond substituents is 4. The molecule has 0 aliphatic carbocycles. The van der Waals surface area contributed by atoms with Gasteiger partial charge in [0.25, 0.3) is 0 Å². The van der Waals surface area contributed by atoms with Gasteiger partial charge in [-0.2, -0.15) is 0 Å². The molecule has 4 aromatic rings. The lowest BCUT2D eigenvalue weighted by atomic mass is 10.1. The van der Waals surface area contributed by atoms with E-state index in [9.17, 15) is 30.0 Å². The summed E-state index contributed by atoms with van der Waals surface area (Å²) in [6, 6.07) is 13.6. The van der Waals surface area contributed by atoms with E-state index in [0.717, 1.165) is 11.6 Å². The summed E-state index contributed by atoms with van der Waals surface area (Å²) in [5.41, 5.74) is 1.37. The van der Waals surface area contributed by atoms with Gasteiger partial charge in [-0.25, -0.2) is 4.79 Å². The Morgan fingerprint density at radius 1 is 0.878 bits per heavy atom. The first kappa shape index (κ1) is 29.0. The van der Waals surface area contributed by atoms with Crippen LogP contribution in [0, 0.1) is 6.92 Å². The second-order valence-corrected chi connectivity index (χ2v) is 8.83. The van der Waals surface area contributed by atoms with E-state index in [1.165, 1.54) is 36.4 Å². The number of rotatable bonds is 12. The minimum atomic E-state index is -0.627. The van der Waals surface area contributed by atoms with Crippen LogP contribution in [0.4, 0.5) is 0 Å². The lowest BCUT2D eigenvalue weighted by Crippen LogP contribution is -2.16. The summed E-state index contributed by atoms with van der Waals surface area (Å²) in [4.78, 5) is 25.0. The first-order valence-corrected chi connectivity index (χ1v) is 12.5. The van der Waals surface area contributed by atoms with E-state index in [1.54, 1.807) is 18.2 Å². The van der Waals surface area contributed by atoms with Crippen LogP contribution in [0.2, 0.25) is 0 Å². The van der Waals surface area contributed by atoms with Crippen molar-refractivity contribution in [1.29, 1.82) is 0 Å². The third-order valence-electron chi connectivity index (χ3n) is 5.74. The highest BCUT2D eigenvalue weighted by Crippen LogP contribution is 2.35. The van der Waals surface area contributed by atoms with E-state index in [0.29, 0.717) is 11.1 Å². The maximum Gasteiger partial charge on any atom is 0.330 e. The van der Waals surface area contributed by atoms with Crippen LogP contribution < -0.4 is 10.2 Å². The monoisotopic (exact) mass is 564 g/mol. The Labute approximate surface area is 234 Å². The van der Waals surface area contributed by atoms with Gasteiger partial charge in [-0.05, 0) is 36.8 Å². The summed E-state index contributed by atoms with van der Waals surface area (Å²) in [6.45, 7) is 1.94. The van der Waals surface area contributed by atoms with Crippen LogP contribution in [0.1, 0.15) is 11.1 Å². The number of carbonyl (C=O) groups excluding carboxylic acids is 1. The van der Waals surface area contributed by atoms with E-state index in [-0.39, 0.29) is 72.9 Å². The first-order valence-electron chi connectivity index (χ1n) is 12.5. The molecule has 1 aromatic heterocycles. The van der Waals surface area contributed by atoms with Gasteiger partial charge in [-0.1, -0.05) is 29.8 Å². The van der Waals surface area contributed by atoms with Crippen molar-refractivity contribution < 1.29 is 48.6 Å². The summed E-state index contributed by atoms with van der Waals surface area (Å²) < 4.78 is 27.3. The molecule has 0 saturated carbocycles. The molecular formula is C30H28O11. The molecule has 0 aliphatic heterocycles. The quantitative estimate of drug-likeness (QED) is 0.0640. The number of aryl methyl sites for hydroxylation is 1. The Morgan fingerprint density at radius 3 is 2.44 bits per heavy atom. The maximum absolute atomic E-state index is 13.2. The molecule has 0 atom stereocenters. The van der Waals surface area contributed by atoms with Crippen molar-refractivity contribution >= 4 is 23.0 Å². The topological polar surface area (TPSA) is 165 Å². The molecule has 41 heavy (non-hydrogen) atoms. The van der Waals surface area contributed by atoms with Gasteiger partial charge in [-0.15, -0.1) is 0 Å². The van der Waals surface area contributed by atoms with Crippen molar-refractivity contribution in [2.24, 2.45) is 0 Å². The second-order valence-electron chi connectivity index (χ2n) is 8.83.